The molecule has 0 aliphatic carbocycles. The highest BCUT2D eigenvalue weighted by Gasteiger charge is 2.53. The highest BCUT2D eigenvalue weighted by atomic mass is 35.5. The molecule has 3 rings (SSSR count). The summed E-state index contributed by atoms with van der Waals surface area (Å²) < 4.78 is 32.1. The van der Waals surface area contributed by atoms with Crippen LogP contribution in [0.25, 0.3) is 0 Å². The zero-order valence-electron chi connectivity index (χ0n) is 19.7. The molecule has 1 aromatic rings. The minimum absolute atomic E-state index is 0.177. The van der Waals surface area contributed by atoms with Gasteiger partial charge in [0.05, 0.1) is 12.0 Å². The summed E-state index contributed by atoms with van der Waals surface area (Å²) in [5.41, 5.74) is -1.05. The van der Waals surface area contributed by atoms with E-state index in [4.69, 9.17) is 16.3 Å². The minimum Gasteiger partial charge on any atom is -0.359 e. The van der Waals surface area contributed by atoms with Gasteiger partial charge in [0.25, 0.3) is 17.7 Å². The van der Waals surface area contributed by atoms with Crippen LogP contribution in [0.4, 0.5) is 14.6 Å². The molecule has 2 amide bonds. The second-order valence-electron chi connectivity index (χ2n) is 9.56. The van der Waals surface area contributed by atoms with E-state index in [1.165, 1.54) is 16.7 Å². The third kappa shape index (κ3) is 6.12. The van der Waals surface area contributed by atoms with Crippen molar-refractivity contribution in [1.82, 2.24) is 14.8 Å². The van der Waals surface area contributed by atoms with Gasteiger partial charge in [-0.2, -0.15) is 0 Å². The van der Waals surface area contributed by atoms with Gasteiger partial charge in [-0.25, -0.2) is 13.8 Å². The number of ether oxygens (including phenoxy) is 1. The summed E-state index contributed by atoms with van der Waals surface area (Å²) >= 11 is 6.24. The van der Waals surface area contributed by atoms with Gasteiger partial charge in [0.2, 0.25) is 0 Å². The predicted molar refractivity (Wildman–Crippen MR) is 123 cm³/mol. The van der Waals surface area contributed by atoms with E-state index >= 15 is 0 Å². The Labute approximate surface area is 199 Å². The standard InChI is InChI=1S/C23H33ClF2N4O3/c1-22(14-23(25,26)15-33-22)21(32)29(4)11-5-6-16-9-12-30(13-10-16)18-8-7-17(19(24)27-18)20(31)28(2)3/h7-8,16H,5-6,9-15H2,1-4H3/t22-/m1/s1. The molecule has 3 heterocycles. The van der Waals surface area contributed by atoms with E-state index in [1.807, 2.05) is 6.07 Å². The summed E-state index contributed by atoms with van der Waals surface area (Å²) in [5, 5.41) is 0.207. The van der Waals surface area contributed by atoms with Crippen molar-refractivity contribution in [3.05, 3.63) is 22.8 Å². The number of carbonyl (C=O) groups excluding carboxylic acids is 2. The lowest BCUT2D eigenvalue weighted by Gasteiger charge is -2.33. The number of rotatable bonds is 7. The van der Waals surface area contributed by atoms with E-state index in [0.717, 1.165) is 44.6 Å². The summed E-state index contributed by atoms with van der Waals surface area (Å²) in [6.07, 6.45) is 3.18. The molecule has 0 saturated carbocycles. The third-order valence-electron chi connectivity index (χ3n) is 6.51. The van der Waals surface area contributed by atoms with Crippen molar-refractivity contribution in [3.63, 3.8) is 0 Å². The Kier molecular flexibility index (Phi) is 7.84. The zero-order chi connectivity index (χ0) is 24.4. The van der Waals surface area contributed by atoms with E-state index in [2.05, 4.69) is 9.88 Å². The van der Waals surface area contributed by atoms with E-state index in [9.17, 15) is 18.4 Å². The van der Waals surface area contributed by atoms with Gasteiger partial charge in [0, 0.05) is 40.8 Å². The molecule has 0 unspecified atom stereocenters. The maximum absolute atomic E-state index is 13.5. The summed E-state index contributed by atoms with van der Waals surface area (Å²) in [6.45, 7) is 2.94. The summed E-state index contributed by atoms with van der Waals surface area (Å²) in [6, 6.07) is 3.55. The van der Waals surface area contributed by atoms with Crippen molar-refractivity contribution >= 4 is 29.2 Å². The Morgan fingerprint density at radius 3 is 2.45 bits per heavy atom. The number of likely N-dealkylation sites (N-methyl/N-ethyl adjacent to an activating group) is 1. The lowest BCUT2D eigenvalue weighted by atomic mass is 9.92. The van der Waals surface area contributed by atoms with Gasteiger partial charge in [-0.1, -0.05) is 11.6 Å². The Bertz CT molecular complexity index is 877. The molecule has 2 aliphatic heterocycles. The topological polar surface area (TPSA) is 66.0 Å². The second-order valence-corrected chi connectivity index (χ2v) is 9.92. The average Bonchev–Trinajstić information content (AvgIpc) is 3.06. The summed E-state index contributed by atoms with van der Waals surface area (Å²) in [7, 11) is 4.99. The van der Waals surface area contributed by atoms with Gasteiger partial charge in [-0.3, -0.25) is 9.59 Å². The highest BCUT2D eigenvalue weighted by molar-refractivity contribution is 6.32. The van der Waals surface area contributed by atoms with Crippen molar-refractivity contribution in [2.45, 2.75) is 50.6 Å². The van der Waals surface area contributed by atoms with Crippen molar-refractivity contribution in [1.29, 1.82) is 0 Å². The number of piperidine rings is 1. The number of carbonyl (C=O) groups is 2. The number of aromatic nitrogens is 1. The van der Waals surface area contributed by atoms with Crippen LogP contribution in [0.2, 0.25) is 5.15 Å². The first-order chi connectivity index (χ1) is 15.4. The maximum atomic E-state index is 13.5. The van der Waals surface area contributed by atoms with E-state index < -0.39 is 24.6 Å². The molecule has 0 spiro atoms. The first kappa shape index (κ1) is 25.6. The summed E-state index contributed by atoms with van der Waals surface area (Å²) in [4.78, 5) is 34.3. The molecule has 1 aromatic heterocycles. The lowest BCUT2D eigenvalue weighted by Crippen LogP contribution is -2.46. The van der Waals surface area contributed by atoms with Crippen molar-refractivity contribution in [2.24, 2.45) is 5.92 Å². The van der Waals surface area contributed by atoms with Crippen LogP contribution in [-0.4, -0.2) is 85.5 Å². The van der Waals surface area contributed by atoms with Crippen LogP contribution in [0, 0.1) is 5.92 Å². The number of nitrogens with zero attached hydrogens (tertiary/aromatic N) is 4. The Hall–Kier alpha value is -2.00. The lowest BCUT2D eigenvalue weighted by molar-refractivity contribution is -0.149. The van der Waals surface area contributed by atoms with Gasteiger partial charge in [0.15, 0.2) is 0 Å². The third-order valence-corrected chi connectivity index (χ3v) is 6.80. The quantitative estimate of drug-likeness (QED) is 0.550. The molecule has 1 atom stereocenters. The number of anilines is 1. The molecule has 0 N–H and O–H groups in total. The first-order valence-corrected chi connectivity index (χ1v) is 11.7. The van der Waals surface area contributed by atoms with Crippen LogP contribution >= 0.6 is 11.6 Å². The highest BCUT2D eigenvalue weighted by Crippen LogP contribution is 2.38. The van der Waals surface area contributed by atoms with Crippen LogP contribution in [0.1, 0.15) is 49.4 Å². The van der Waals surface area contributed by atoms with Gasteiger partial charge < -0.3 is 19.4 Å². The number of amides is 2. The first-order valence-electron chi connectivity index (χ1n) is 11.3. The Morgan fingerprint density at radius 1 is 1.24 bits per heavy atom. The Balaban J connectivity index is 1.43. The van der Waals surface area contributed by atoms with Gasteiger partial charge in [0.1, 0.15) is 23.2 Å². The van der Waals surface area contributed by atoms with Gasteiger partial charge in [-0.15, -0.1) is 0 Å². The van der Waals surface area contributed by atoms with Gasteiger partial charge in [-0.05, 0) is 50.7 Å². The average molecular weight is 487 g/mol. The molecule has 0 aromatic carbocycles. The fourth-order valence-electron chi connectivity index (χ4n) is 4.57. The molecular formula is C23H33ClF2N4O3. The fourth-order valence-corrected chi connectivity index (χ4v) is 4.80. The maximum Gasteiger partial charge on any atom is 0.274 e. The molecular weight excluding hydrogens is 454 g/mol. The monoisotopic (exact) mass is 486 g/mol. The number of pyridine rings is 1. The van der Waals surface area contributed by atoms with Crippen LogP contribution in [0.15, 0.2) is 12.1 Å². The zero-order valence-corrected chi connectivity index (χ0v) is 20.5. The normalized spacial score (nSPS) is 22.9. The molecule has 10 heteroatoms. The number of halogens is 3. The number of alkyl halides is 2. The van der Waals surface area contributed by atoms with Crippen molar-refractivity contribution < 1.29 is 23.1 Å². The molecule has 2 fully saturated rings. The smallest absolute Gasteiger partial charge is 0.274 e. The van der Waals surface area contributed by atoms with E-state index in [1.54, 1.807) is 27.2 Å². The molecule has 2 aliphatic rings. The molecule has 0 radical (unpaired) electrons. The van der Waals surface area contributed by atoms with Crippen molar-refractivity contribution in [2.75, 3.05) is 52.3 Å². The van der Waals surface area contributed by atoms with Gasteiger partial charge >= 0.3 is 0 Å². The van der Waals surface area contributed by atoms with Crippen LogP contribution in [0.3, 0.4) is 0 Å². The SMILES string of the molecule is CN(C)C(=O)c1ccc(N2CCC(CCCN(C)C(=O)[C@@]3(C)CC(F)(F)CO3)CC2)nc1Cl. The minimum atomic E-state index is -2.94. The van der Waals surface area contributed by atoms with Crippen LogP contribution in [0.5, 0.6) is 0 Å². The predicted octanol–water partition coefficient (Wildman–Crippen LogP) is 3.71. The largest absolute Gasteiger partial charge is 0.359 e. The molecule has 2 saturated heterocycles. The van der Waals surface area contributed by atoms with E-state index in [0.29, 0.717) is 18.0 Å². The molecule has 184 valence electrons. The van der Waals surface area contributed by atoms with E-state index in [-0.39, 0.29) is 17.0 Å². The number of hydrogen-bond acceptors (Lipinski definition) is 5. The molecule has 7 nitrogen and oxygen atoms in total. The molecule has 0 bridgehead atoms. The second kappa shape index (κ2) is 10.1. The fraction of sp³-hybridized carbons (Fsp3) is 0.696. The van der Waals surface area contributed by atoms with Crippen molar-refractivity contribution in [3.8, 4) is 0 Å². The Morgan fingerprint density at radius 2 is 1.91 bits per heavy atom. The van der Waals surface area contributed by atoms with Crippen LogP contribution in [-0.2, 0) is 9.53 Å². The number of hydrogen-bond donors (Lipinski definition) is 0. The molecule has 33 heavy (non-hydrogen) atoms. The van der Waals surface area contributed by atoms with Crippen LogP contribution < -0.4 is 4.90 Å². The summed E-state index contributed by atoms with van der Waals surface area (Å²) in [5.74, 6) is -2.21.